The van der Waals surface area contributed by atoms with Crippen LogP contribution in [0.3, 0.4) is 0 Å². The number of carbonyl (C=O) groups excluding carboxylic acids is 1. The Hall–Kier alpha value is -1.97. The average molecular weight is 201 g/mol. The molecule has 0 fully saturated rings. The Bertz CT molecular complexity index is 502. The molecule has 0 bridgehead atoms. The van der Waals surface area contributed by atoms with Crippen molar-refractivity contribution in [2.45, 2.75) is 13.8 Å². The highest BCUT2D eigenvalue weighted by molar-refractivity contribution is 5.74. The largest absolute Gasteiger partial charge is 0.296 e. The number of rotatable bonds is 2. The molecule has 1 heterocycles. The van der Waals surface area contributed by atoms with Gasteiger partial charge in [-0.2, -0.15) is 0 Å². The quantitative estimate of drug-likeness (QED) is 0.695. The lowest BCUT2D eigenvalue weighted by Gasteiger charge is -2.02. The summed E-state index contributed by atoms with van der Waals surface area (Å²) >= 11 is 0. The highest BCUT2D eigenvalue weighted by Crippen LogP contribution is 2.12. The van der Waals surface area contributed by atoms with Crippen LogP contribution in [0.2, 0.25) is 0 Å². The molecular formula is C11H11N3O. The molecule has 0 radical (unpaired) electrons. The van der Waals surface area contributed by atoms with Crippen molar-refractivity contribution < 1.29 is 4.79 Å². The van der Waals surface area contributed by atoms with Gasteiger partial charge in [0.15, 0.2) is 6.29 Å². The minimum atomic E-state index is 0.501. The second-order valence-corrected chi connectivity index (χ2v) is 3.43. The highest BCUT2D eigenvalue weighted by Gasteiger charge is 2.09. The van der Waals surface area contributed by atoms with Gasteiger partial charge in [-0.05, 0) is 31.5 Å². The molecule has 4 nitrogen and oxygen atoms in total. The average Bonchev–Trinajstić information content (AvgIpc) is 2.59. The van der Waals surface area contributed by atoms with Crippen molar-refractivity contribution in [1.29, 1.82) is 0 Å². The van der Waals surface area contributed by atoms with Gasteiger partial charge in [-0.15, -0.1) is 5.10 Å². The number of benzene rings is 1. The van der Waals surface area contributed by atoms with E-state index in [2.05, 4.69) is 10.3 Å². The van der Waals surface area contributed by atoms with Crippen LogP contribution in [0.1, 0.15) is 21.7 Å². The van der Waals surface area contributed by atoms with E-state index in [1.807, 2.05) is 31.2 Å². The molecule has 0 saturated carbocycles. The van der Waals surface area contributed by atoms with Crippen LogP contribution < -0.4 is 0 Å². The van der Waals surface area contributed by atoms with E-state index in [-0.39, 0.29) is 0 Å². The van der Waals surface area contributed by atoms with E-state index >= 15 is 0 Å². The van der Waals surface area contributed by atoms with Gasteiger partial charge in [0.05, 0.1) is 11.4 Å². The van der Waals surface area contributed by atoms with Gasteiger partial charge in [-0.1, -0.05) is 17.3 Å². The first-order chi connectivity index (χ1) is 7.22. The summed E-state index contributed by atoms with van der Waals surface area (Å²) in [7, 11) is 0. The smallest absolute Gasteiger partial charge is 0.170 e. The summed E-state index contributed by atoms with van der Waals surface area (Å²) in [5.41, 5.74) is 3.13. The van der Waals surface area contributed by atoms with Crippen molar-refractivity contribution in [3.05, 3.63) is 41.2 Å². The van der Waals surface area contributed by atoms with Crippen molar-refractivity contribution in [2.75, 3.05) is 0 Å². The highest BCUT2D eigenvalue weighted by atomic mass is 16.1. The van der Waals surface area contributed by atoms with Crippen molar-refractivity contribution in [1.82, 2.24) is 15.0 Å². The summed E-state index contributed by atoms with van der Waals surface area (Å²) in [4.78, 5) is 10.9. The second-order valence-electron chi connectivity index (χ2n) is 3.43. The van der Waals surface area contributed by atoms with Crippen molar-refractivity contribution in [2.24, 2.45) is 0 Å². The van der Waals surface area contributed by atoms with Gasteiger partial charge in [0, 0.05) is 0 Å². The predicted octanol–water partition coefficient (Wildman–Crippen LogP) is 1.70. The fraction of sp³-hybridized carbons (Fsp3) is 0.182. The molecule has 0 unspecified atom stereocenters. The first kappa shape index (κ1) is 9.58. The molecule has 0 saturated heterocycles. The summed E-state index contributed by atoms with van der Waals surface area (Å²) in [5.74, 6) is 0. The third-order valence-corrected chi connectivity index (χ3v) is 2.24. The third kappa shape index (κ3) is 1.66. The van der Waals surface area contributed by atoms with Crippen LogP contribution in [0.25, 0.3) is 5.69 Å². The van der Waals surface area contributed by atoms with Crippen LogP contribution in [0.15, 0.2) is 24.3 Å². The Kier molecular flexibility index (Phi) is 2.33. The van der Waals surface area contributed by atoms with E-state index < -0.39 is 0 Å². The Morgan fingerprint density at radius 3 is 2.80 bits per heavy atom. The number of aryl methyl sites for hydroxylation is 2. The minimum absolute atomic E-state index is 0.501. The molecule has 1 aromatic carbocycles. The lowest BCUT2D eigenvalue weighted by atomic mass is 10.2. The molecule has 15 heavy (non-hydrogen) atoms. The van der Waals surface area contributed by atoms with E-state index in [1.165, 1.54) is 0 Å². The topological polar surface area (TPSA) is 47.8 Å². The maximum absolute atomic E-state index is 10.9. The van der Waals surface area contributed by atoms with E-state index in [1.54, 1.807) is 11.6 Å². The van der Waals surface area contributed by atoms with E-state index in [0.29, 0.717) is 11.4 Å². The van der Waals surface area contributed by atoms with Gasteiger partial charge < -0.3 is 0 Å². The summed E-state index contributed by atoms with van der Waals surface area (Å²) in [5, 5.41) is 7.81. The molecule has 2 rings (SSSR count). The summed E-state index contributed by atoms with van der Waals surface area (Å²) in [6.45, 7) is 3.76. The first-order valence-corrected chi connectivity index (χ1v) is 4.67. The predicted molar refractivity (Wildman–Crippen MR) is 56.2 cm³/mol. The first-order valence-electron chi connectivity index (χ1n) is 4.67. The van der Waals surface area contributed by atoms with Crippen molar-refractivity contribution in [3.8, 4) is 5.69 Å². The Balaban J connectivity index is 2.58. The summed E-state index contributed by atoms with van der Waals surface area (Å²) in [6.07, 6.45) is 0.775. The number of nitrogens with zero attached hydrogens (tertiary/aromatic N) is 3. The zero-order valence-corrected chi connectivity index (χ0v) is 8.64. The molecule has 0 atom stereocenters. The maximum Gasteiger partial charge on any atom is 0.170 e. The number of aromatic nitrogens is 3. The standard InChI is InChI=1S/C11H11N3O/c1-8-4-3-5-10(6-8)14-11(7-15)9(2)12-13-14/h3-7H,1-2H3. The van der Waals surface area contributed by atoms with Crippen LogP contribution in [0.4, 0.5) is 0 Å². The van der Waals surface area contributed by atoms with Crippen LogP contribution in [0.5, 0.6) is 0 Å². The molecule has 2 aromatic rings. The molecule has 0 aliphatic rings. The normalized spacial score (nSPS) is 10.3. The van der Waals surface area contributed by atoms with Gasteiger partial charge in [-0.25, -0.2) is 4.68 Å². The van der Waals surface area contributed by atoms with Gasteiger partial charge in [-0.3, -0.25) is 4.79 Å². The maximum atomic E-state index is 10.9. The van der Waals surface area contributed by atoms with Gasteiger partial charge in [0.25, 0.3) is 0 Å². The SMILES string of the molecule is Cc1cccc(-n2nnc(C)c2C=O)c1. The van der Waals surface area contributed by atoms with Gasteiger partial charge in [0.1, 0.15) is 5.69 Å². The summed E-state index contributed by atoms with van der Waals surface area (Å²) < 4.78 is 1.55. The van der Waals surface area contributed by atoms with Crippen LogP contribution in [-0.2, 0) is 0 Å². The van der Waals surface area contributed by atoms with Crippen LogP contribution in [-0.4, -0.2) is 21.3 Å². The number of hydrogen-bond donors (Lipinski definition) is 0. The molecule has 1 aromatic heterocycles. The lowest BCUT2D eigenvalue weighted by molar-refractivity contribution is 0.111. The van der Waals surface area contributed by atoms with E-state index in [9.17, 15) is 4.79 Å². The van der Waals surface area contributed by atoms with E-state index in [0.717, 1.165) is 17.5 Å². The molecule has 0 aliphatic heterocycles. The molecule has 76 valence electrons. The Morgan fingerprint density at radius 1 is 1.33 bits per heavy atom. The molecular weight excluding hydrogens is 190 g/mol. The zero-order chi connectivity index (χ0) is 10.8. The Labute approximate surface area is 87.5 Å². The van der Waals surface area contributed by atoms with Crippen LogP contribution in [0, 0.1) is 13.8 Å². The summed E-state index contributed by atoms with van der Waals surface area (Å²) in [6, 6.07) is 7.78. The number of aldehydes is 1. The minimum Gasteiger partial charge on any atom is -0.296 e. The van der Waals surface area contributed by atoms with Crippen molar-refractivity contribution >= 4 is 6.29 Å². The van der Waals surface area contributed by atoms with Crippen molar-refractivity contribution in [3.63, 3.8) is 0 Å². The molecule has 0 amide bonds. The Morgan fingerprint density at radius 2 is 2.13 bits per heavy atom. The molecule has 0 spiro atoms. The van der Waals surface area contributed by atoms with Gasteiger partial charge >= 0.3 is 0 Å². The molecule has 4 heteroatoms. The number of carbonyl (C=O) groups is 1. The van der Waals surface area contributed by atoms with Crippen LogP contribution >= 0.6 is 0 Å². The van der Waals surface area contributed by atoms with E-state index in [4.69, 9.17) is 0 Å². The van der Waals surface area contributed by atoms with Gasteiger partial charge in [0.2, 0.25) is 0 Å². The molecule has 0 aliphatic carbocycles. The fourth-order valence-corrected chi connectivity index (χ4v) is 1.45. The molecule has 0 N–H and O–H groups in total. The monoisotopic (exact) mass is 201 g/mol. The zero-order valence-electron chi connectivity index (χ0n) is 8.64. The fourth-order valence-electron chi connectivity index (χ4n) is 1.45. The number of hydrogen-bond acceptors (Lipinski definition) is 3. The third-order valence-electron chi connectivity index (χ3n) is 2.24. The lowest BCUT2D eigenvalue weighted by Crippen LogP contribution is -2.02. The second kappa shape index (κ2) is 3.65.